The summed E-state index contributed by atoms with van der Waals surface area (Å²) in [6, 6.07) is 12.5. The van der Waals surface area contributed by atoms with Crippen LogP contribution in [0.2, 0.25) is 0 Å². The SMILES string of the molecule is C#CCOc1ccc([N+](=O)[O-])cc1C(=O)Nc1ccccc1. The van der Waals surface area contributed by atoms with Gasteiger partial charge in [0.15, 0.2) is 0 Å². The molecule has 0 aromatic heterocycles. The summed E-state index contributed by atoms with van der Waals surface area (Å²) < 4.78 is 5.26. The number of ether oxygens (including phenoxy) is 1. The van der Waals surface area contributed by atoms with Crippen molar-refractivity contribution in [1.82, 2.24) is 0 Å². The first kappa shape index (κ1) is 15.1. The van der Waals surface area contributed by atoms with Gasteiger partial charge in [0.2, 0.25) is 0 Å². The molecule has 0 aliphatic rings. The van der Waals surface area contributed by atoms with Crippen molar-refractivity contribution in [3.8, 4) is 18.1 Å². The number of anilines is 1. The van der Waals surface area contributed by atoms with E-state index in [4.69, 9.17) is 11.2 Å². The summed E-state index contributed by atoms with van der Waals surface area (Å²) in [5.41, 5.74) is 0.418. The largest absolute Gasteiger partial charge is 0.480 e. The lowest BCUT2D eigenvalue weighted by atomic mass is 10.1. The number of carbonyl (C=O) groups excluding carboxylic acids is 1. The summed E-state index contributed by atoms with van der Waals surface area (Å²) >= 11 is 0. The molecule has 110 valence electrons. The Morgan fingerprint density at radius 1 is 1.27 bits per heavy atom. The van der Waals surface area contributed by atoms with Crippen LogP contribution in [0.15, 0.2) is 48.5 Å². The van der Waals surface area contributed by atoms with Crippen LogP contribution in [0.5, 0.6) is 5.75 Å². The van der Waals surface area contributed by atoms with Crippen molar-refractivity contribution < 1.29 is 14.5 Å². The van der Waals surface area contributed by atoms with Gasteiger partial charge >= 0.3 is 0 Å². The Bertz CT molecular complexity index is 736. The highest BCUT2D eigenvalue weighted by molar-refractivity contribution is 6.06. The third-order valence-corrected chi connectivity index (χ3v) is 2.76. The van der Waals surface area contributed by atoms with Crippen molar-refractivity contribution >= 4 is 17.3 Å². The van der Waals surface area contributed by atoms with Gasteiger partial charge in [0.05, 0.1) is 10.5 Å². The maximum absolute atomic E-state index is 12.3. The number of amides is 1. The van der Waals surface area contributed by atoms with Gasteiger partial charge in [-0.05, 0) is 18.2 Å². The molecule has 6 heteroatoms. The zero-order valence-corrected chi connectivity index (χ0v) is 11.5. The lowest BCUT2D eigenvalue weighted by molar-refractivity contribution is -0.384. The van der Waals surface area contributed by atoms with Crippen molar-refractivity contribution in [2.45, 2.75) is 0 Å². The second-order valence-corrected chi connectivity index (χ2v) is 4.25. The van der Waals surface area contributed by atoms with Crippen LogP contribution >= 0.6 is 0 Å². The van der Waals surface area contributed by atoms with E-state index in [1.54, 1.807) is 24.3 Å². The van der Waals surface area contributed by atoms with Crippen molar-refractivity contribution in [2.75, 3.05) is 11.9 Å². The Morgan fingerprint density at radius 2 is 2.00 bits per heavy atom. The molecule has 0 aliphatic carbocycles. The fraction of sp³-hybridized carbons (Fsp3) is 0.0625. The van der Waals surface area contributed by atoms with Crippen LogP contribution in [0.4, 0.5) is 11.4 Å². The lowest BCUT2D eigenvalue weighted by Gasteiger charge is -2.10. The molecule has 22 heavy (non-hydrogen) atoms. The molecule has 0 saturated heterocycles. The molecule has 1 amide bonds. The summed E-state index contributed by atoms with van der Waals surface area (Å²) in [6.45, 7) is -0.0383. The molecular weight excluding hydrogens is 284 g/mol. The maximum atomic E-state index is 12.3. The minimum absolute atomic E-state index is 0.0383. The minimum Gasteiger partial charge on any atom is -0.480 e. The number of nitro benzene ring substituents is 1. The summed E-state index contributed by atoms with van der Waals surface area (Å²) in [5, 5.41) is 13.5. The van der Waals surface area contributed by atoms with Crippen molar-refractivity contribution in [1.29, 1.82) is 0 Å². The molecule has 0 atom stereocenters. The molecule has 1 N–H and O–H groups in total. The van der Waals surface area contributed by atoms with Gasteiger partial charge in [-0.15, -0.1) is 6.42 Å². The van der Waals surface area contributed by atoms with Crippen LogP contribution in [0.25, 0.3) is 0 Å². The molecule has 0 saturated carbocycles. The Balaban J connectivity index is 2.33. The second-order valence-electron chi connectivity index (χ2n) is 4.25. The number of terminal acetylenes is 1. The van der Waals surface area contributed by atoms with E-state index in [2.05, 4.69) is 11.2 Å². The van der Waals surface area contributed by atoms with E-state index in [-0.39, 0.29) is 23.6 Å². The summed E-state index contributed by atoms with van der Waals surface area (Å²) in [5.74, 6) is 1.96. The smallest absolute Gasteiger partial charge is 0.270 e. The molecule has 0 spiro atoms. The van der Waals surface area contributed by atoms with Crippen molar-refractivity contribution in [2.24, 2.45) is 0 Å². The standard InChI is InChI=1S/C16H12N2O4/c1-2-10-22-15-9-8-13(18(20)21)11-14(15)16(19)17-12-6-4-3-5-7-12/h1,3-9,11H,10H2,(H,17,19). The summed E-state index contributed by atoms with van der Waals surface area (Å²) in [7, 11) is 0. The number of nitrogens with zero attached hydrogens (tertiary/aromatic N) is 1. The molecule has 0 aliphatic heterocycles. The van der Waals surface area contributed by atoms with E-state index >= 15 is 0 Å². The highest BCUT2D eigenvalue weighted by Crippen LogP contribution is 2.25. The van der Waals surface area contributed by atoms with E-state index in [0.29, 0.717) is 5.69 Å². The summed E-state index contributed by atoms with van der Waals surface area (Å²) in [4.78, 5) is 22.6. The first-order valence-electron chi connectivity index (χ1n) is 6.33. The number of benzene rings is 2. The highest BCUT2D eigenvalue weighted by atomic mass is 16.6. The van der Waals surface area contributed by atoms with Gasteiger partial charge in [0.1, 0.15) is 12.4 Å². The van der Waals surface area contributed by atoms with Gasteiger partial charge in [-0.25, -0.2) is 0 Å². The fourth-order valence-electron chi connectivity index (χ4n) is 1.77. The fourth-order valence-corrected chi connectivity index (χ4v) is 1.77. The molecule has 0 heterocycles. The quantitative estimate of drug-likeness (QED) is 0.522. The maximum Gasteiger partial charge on any atom is 0.270 e. The average Bonchev–Trinajstić information content (AvgIpc) is 2.53. The molecule has 0 radical (unpaired) electrons. The zero-order valence-electron chi connectivity index (χ0n) is 11.5. The van der Waals surface area contributed by atoms with E-state index in [1.807, 2.05) is 6.07 Å². The number of hydrogen-bond acceptors (Lipinski definition) is 4. The molecule has 6 nitrogen and oxygen atoms in total. The topological polar surface area (TPSA) is 81.5 Å². The molecule has 0 bridgehead atoms. The Kier molecular flexibility index (Phi) is 4.73. The van der Waals surface area contributed by atoms with Crippen LogP contribution in [0.3, 0.4) is 0 Å². The molecular formula is C16H12N2O4. The van der Waals surface area contributed by atoms with Crippen LogP contribution in [0, 0.1) is 22.5 Å². The lowest BCUT2D eigenvalue weighted by Crippen LogP contribution is -2.14. The highest BCUT2D eigenvalue weighted by Gasteiger charge is 2.18. The van der Waals surface area contributed by atoms with Crippen LogP contribution in [-0.2, 0) is 0 Å². The number of nitrogens with one attached hydrogen (secondary N) is 1. The molecule has 0 unspecified atom stereocenters. The van der Waals surface area contributed by atoms with E-state index < -0.39 is 10.8 Å². The number of hydrogen-bond donors (Lipinski definition) is 1. The van der Waals surface area contributed by atoms with Gasteiger partial charge in [-0.1, -0.05) is 24.1 Å². The van der Waals surface area contributed by atoms with Crippen LogP contribution in [0.1, 0.15) is 10.4 Å². The molecule has 2 aromatic carbocycles. The number of nitro groups is 1. The van der Waals surface area contributed by atoms with E-state index in [9.17, 15) is 14.9 Å². The first-order chi connectivity index (χ1) is 10.6. The van der Waals surface area contributed by atoms with Crippen molar-refractivity contribution in [3.63, 3.8) is 0 Å². The third-order valence-electron chi connectivity index (χ3n) is 2.76. The van der Waals surface area contributed by atoms with Gasteiger partial charge < -0.3 is 10.1 Å². The Morgan fingerprint density at radius 3 is 2.64 bits per heavy atom. The average molecular weight is 296 g/mol. The molecule has 2 aromatic rings. The third kappa shape index (κ3) is 3.61. The predicted molar refractivity (Wildman–Crippen MR) is 81.8 cm³/mol. The number of carbonyl (C=O) groups is 1. The van der Waals surface area contributed by atoms with Gasteiger partial charge in [0, 0.05) is 17.8 Å². The van der Waals surface area contributed by atoms with E-state index in [0.717, 1.165) is 6.07 Å². The number of para-hydroxylation sites is 1. The van der Waals surface area contributed by atoms with Gasteiger partial charge in [-0.2, -0.15) is 0 Å². The van der Waals surface area contributed by atoms with Gasteiger partial charge in [-0.3, -0.25) is 14.9 Å². The van der Waals surface area contributed by atoms with Crippen LogP contribution < -0.4 is 10.1 Å². The Hall–Kier alpha value is -3.33. The monoisotopic (exact) mass is 296 g/mol. The van der Waals surface area contributed by atoms with Crippen molar-refractivity contribution in [3.05, 3.63) is 64.2 Å². The zero-order chi connectivity index (χ0) is 15.9. The van der Waals surface area contributed by atoms with E-state index in [1.165, 1.54) is 12.1 Å². The first-order valence-corrected chi connectivity index (χ1v) is 6.33. The number of non-ortho nitro benzene ring substituents is 1. The molecule has 2 rings (SSSR count). The minimum atomic E-state index is -0.579. The second kappa shape index (κ2) is 6.90. The predicted octanol–water partition coefficient (Wildman–Crippen LogP) is 2.86. The van der Waals surface area contributed by atoms with Crippen LogP contribution in [-0.4, -0.2) is 17.4 Å². The number of rotatable bonds is 5. The van der Waals surface area contributed by atoms with Gasteiger partial charge in [0.25, 0.3) is 11.6 Å². The Labute approximate surface area is 126 Å². The summed E-state index contributed by atoms with van der Waals surface area (Å²) in [6.07, 6.45) is 5.12. The normalized spacial score (nSPS) is 9.59. The molecule has 0 fully saturated rings.